The fourth-order valence-electron chi connectivity index (χ4n) is 6.73. The van der Waals surface area contributed by atoms with E-state index in [1.807, 2.05) is 24.3 Å². The molecule has 2 heterocycles. The fourth-order valence-corrected chi connectivity index (χ4v) is 6.92. The van der Waals surface area contributed by atoms with Crippen LogP contribution in [0.3, 0.4) is 0 Å². The zero-order valence-corrected chi connectivity index (χ0v) is 19.7. The van der Waals surface area contributed by atoms with Crippen molar-refractivity contribution in [2.75, 3.05) is 11.9 Å². The summed E-state index contributed by atoms with van der Waals surface area (Å²) in [5.74, 6) is 1.01. The van der Waals surface area contributed by atoms with E-state index in [1.165, 1.54) is 5.56 Å². The zero-order chi connectivity index (χ0) is 22.8. The zero-order valence-electron chi connectivity index (χ0n) is 18.9. The molecule has 1 unspecified atom stereocenters. The second-order valence-electron chi connectivity index (χ2n) is 9.83. The Labute approximate surface area is 200 Å². The molecule has 2 N–H and O–H groups in total. The van der Waals surface area contributed by atoms with Crippen LogP contribution in [-0.2, 0) is 11.2 Å². The number of nitrogens with one attached hydrogen (secondary N) is 2. The van der Waals surface area contributed by atoms with Crippen molar-refractivity contribution >= 4 is 29.2 Å². The Hall–Kier alpha value is -2.53. The topological polar surface area (TPSA) is 61.4 Å². The Kier molecular flexibility index (Phi) is 6.33. The first-order chi connectivity index (χ1) is 16.1. The van der Waals surface area contributed by atoms with Gasteiger partial charge in [-0.25, -0.2) is 4.79 Å². The lowest BCUT2D eigenvalue weighted by Gasteiger charge is -2.53. The Balaban J connectivity index is 1.41. The van der Waals surface area contributed by atoms with Crippen molar-refractivity contribution in [2.24, 2.45) is 11.8 Å². The first kappa shape index (κ1) is 22.3. The first-order valence-electron chi connectivity index (χ1n) is 12.2. The van der Waals surface area contributed by atoms with Crippen LogP contribution in [0.1, 0.15) is 50.5 Å². The minimum Gasteiger partial charge on any atom is -0.337 e. The van der Waals surface area contributed by atoms with Gasteiger partial charge in [0.2, 0.25) is 5.91 Å². The van der Waals surface area contributed by atoms with Crippen molar-refractivity contribution in [2.45, 2.75) is 62.9 Å². The van der Waals surface area contributed by atoms with Crippen LogP contribution in [0.4, 0.5) is 10.5 Å². The Bertz CT molecular complexity index is 1010. The average Bonchev–Trinajstić information content (AvgIpc) is 3.18. The van der Waals surface area contributed by atoms with Gasteiger partial charge in [-0.1, -0.05) is 54.1 Å². The number of para-hydroxylation sites is 1. The quantitative estimate of drug-likeness (QED) is 0.613. The van der Waals surface area contributed by atoms with Gasteiger partial charge in [0.05, 0.1) is 10.7 Å². The molecule has 5 nitrogen and oxygen atoms in total. The Morgan fingerprint density at radius 1 is 1.03 bits per heavy atom. The number of halogens is 1. The number of carbonyl (C=O) groups is 2. The van der Waals surface area contributed by atoms with Gasteiger partial charge in [0.1, 0.15) is 0 Å². The minimum atomic E-state index is -0.213. The third-order valence-electron chi connectivity index (χ3n) is 8.10. The van der Waals surface area contributed by atoms with E-state index in [9.17, 15) is 9.59 Å². The second kappa shape index (κ2) is 9.38. The summed E-state index contributed by atoms with van der Waals surface area (Å²) in [6.07, 6.45) is 7.57. The van der Waals surface area contributed by atoms with Gasteiger partial charge < -0.3 is 15.5 Å². The van der Waals surface area contributed by atoms with E-state index >= 15 is 0 Å². The molecule has 6 heteroatoms. The van der Waals surface area contributed by atoms with Crippen LogP contribution in [0, 0.1) is 11.8 Å². The van der Waals surface area contributed by atoms with Crippen LogP contribution in [0.15, 0.2) is 54.6 Å². The molecular formula is C27H32ClN3O2. The molecule has 2 saturated heterocycles. The molecule has 1 spiro atoms. The lowest BCUT2D eigenvalue weighted by atomic mass is 9.61. The Morgan fingerprint density at radius 3 is 2.64 bits per heavy atom. The molecule has 33 heavy (non-hydrogen) atoms. The first-order valence-corrected chi connectivity index (χ1v) is 12.6. The highest BCUT2D eigenvalue weighted by molar-refractivity contribution is 6.33. The molecule has 3 fully saturated rings. The number of hydrogen-bond acceptors (Lipinski definition) is 2. The molecule has 2 aromatic carbocycles. The summed E-state index contributed by atoms with van der Waals surface area (Å²) < 4.78 is 0. The van der Waals surface area contributed by atoms with Gasteiger partial charge in [-0.2, -0.15) is 0 Å². The van der Waals surface area contributed by atoms with Gasteiger partial charge in [0, 0.05) is 24.5 Å². The maximum Gasteiger partial charge on any atom is 0.319 e. The number of urea groups is 1. The monoisotopic (exact) mass is 465 g/mol. The molecule has 2 aliphatic heterocycles. The van der Waals surface area contributed by atoms with Crippen molar-refractivity contribution in [1.29, 1.82) is 0 Å². The van der Waals surface area contributed by atoms with Gasteiger partial charge in [-0.3, -0.25) is 4.79 Å². The fraction of sp³-hybridized carbons (Fsp3) is 0.481. The molecule has 1 aliphatic carbocycles. The normalized spacial score (nSPS) is 29.1. The molecule has 3 aliphatic rings. The van der Waals surface area contributed by atoms with Crippen LogP contribution < -0.4 is 10.6 Å². The summed E-state index contributed by atoms with van der Waals surface area (Å²) in [6.45, 7) is 0.887. The number of carbonyl (C=O) groups excluding carboxylic acids is 2. The van der Waals surface area contributed by atoms with Crippen molar-refractivity contribution in [3.05, 3.63) is 65.2 Å². The number of nitrogens with zero attached hydrogens (tertiary/aromatic N) is 1. The summed E-state index contributed by atoms with van der Waals surface area (Å²) in [5.41, 5.74) is 1.87. The smallest absolute Gasteiger partial charge is 0.319 e. The van der Waals surface area contributed by atoms with Crippen LogP contribution in [0.5, 0.6) is 0 Å². The molecule has 3 amide bonds. The van der Waals surface area contributed by atoms with Gasteiger partial charge in [0.25, 0.3) is 0 Å². The van der Waals surface area contributed by atoms with Gasteiger partial charge >= 0.3 is 6.03 Å². The molecule has 1 saturated carbocycles. The van der Waals surface area contributed by atoms with E-state index in [1.54, 1.807) is 6.07 Å². The predicted octanol–water partition coefficient (Wildman–Crippen LogP) is 5.64. The third-order valence-corrected chi connectivity index (χ3v) is 8.43. The summed E-state index contributed by atoms with van der Waals surface area (Å²) >= 11 is 6.25. The van der Waals surface area contributed by atoms with Crippen LogP contribution in [0.2, 0.25) is 5.02 Å². The predicted molar refractivity (Wildman–Crippen MR) is 131 cm³/mol. The summed E-state index contributed by atoms with van der Waals surface area (Å²) in [5, 5.41) is 6.75. The summed E-state index contributed by atoms with van der Waals surface area (Å²) in [7, 11) is 0. The highest BCUT2D eigenvalue weighted by atomic mass is 35.5. The molecule has 174 valence electrons. The third kappa shape index (κ3) is 4.35. The minimum absolute atomic E-state index is 0.0373. The Morgan fingerprint density at radius 2 is 1.82 bits per heavy atom. The standard InChI is InChI=1S/C27H32ClN3O2/c28-22-11-4-5-12-24(22)30-26(33)29-23-14-16-27-15-7-17-31(27)25(32)13-6-10-21(27)20(23)18-19-8-2-1-3-9-19/h1-5,8-9,11-12,20-21,23H,6-7,10,13-18H2,(H2,29,30,33)/t20?,21-,23-,27+/m0/s1. The molecule has 5 rings (SSSR count). The molecular weight excluding hydrogens is 434 g/mol. The highest BCUT2D eigenvalue weighted by Gasteiger charge is 2.56. The number of amides is 3. The van der Waals surface area contributed by atoms with E-state index in [2.05, 4.69) is 39.8 Å². The number of benzene rings is 2. The van der Waals surface area contributed by atoms with Gasteiger partial charge in [0.15, 0.2) is 0 Å². The maximum atomic E-state index is 13.0. The van der Waals surface area contributed by atoms with Crippen molar-refractivity contribution in [1.82, 2.24) is 10.2 Å². The van der Waals surface area contributed by atoms with E-state index < -0.39 is 0 Å². The molecule has 2 aromatic rings. The van der Waals surface area contributed by atoms with Gasteiger partial charge in [-0.15, -0.1) is 0 Å². The lowest BCUT2D eigenvalue weighted by molar-refractivity contribution is -0.138. The molecule has 0 aromatic heterocycles. The van der Waals surface area contributed by atoms with Crippen LogP contribution >= 0.6 is 11.6 Å². The van der Waals surface area contributed by atoms with E-state index in [0.29, 0.717) is 29.0 Å². The van der Waals surface area contributed by atoms with Crippen molar-refractivity contribution in [3.8, 4) is 0 Å². The molecule has 0 bridgehead atoms. The van der Waals surface area contributed by atoms with Crippen molar-refractivity contribution < 1.29 is 9.59 Å². The van der Waals surface area contributed by atoms with E-state index in [0.717, 1.165) is 51.5 Å². The number of hydrogen-bond donors (Lipinski definition) is 2. The number of anilines is 1. The van der Waals surface area contributed by atoms with Crippen molar-refractivity contribution in [3.63, 3.8) is 0 Å². The van der Waals surface area contributed by atoms with E-state index in [-0.39, 0.29) is 23.5 Å². The molecule has 4 atom stereocenters. The summed E-state index contributed by atoms with van der Waals surface area (Å²) in [6, 6.07) is 17.7. The molecule has 0 radical (unpaired) electrons. The van der Waals surface area contributed by atoms with Gasteiger partial charge in [-0.05, 0) is 74.5 Å². The second-order valence-corrected chi connectivity index (χ2v) is 10.2. The summed E-state index contributed by atoms with van der Waals surface area (Å²) in [4.78, 5) is 28.2. The highest BCUT2D eigenvalue weighted by Crippen LogP contribution is 2.52. The van der Waals surface area contributed by atoms with Crippen LogP contribution in [-0.4, -0.2) is 35.0 Å². The largest absolute Gasteiger partial charge is 0.337 e. The average molecular weight is 466 g/mol. The van der Waals surface area contributed by atoms with E-state index in [4.69, 9.17) is 11.6 Å². The van der Waals surface area contributed by atoms with Crippen LogP contribution in [0.25, 0.3) is 0 Å². The lowest BCUT2D eigenvalue weighted by Crippen LogP contribution is -2.61. The number of rotatable bonds is 4. The maximum absolute atomic E-state index is 13.0. The SMILES string of the molecule is O=C(Nc1ccccc1Cl)N[C@H]1CC[C@@]23CCCN2C(=O)CCC[C@H]3C1Cc1ccccc1.